The molecule has 1 aliphatic rings. The zero-order chi connectivity index (χ0) is 17.2. The number of nitrogens with zero attached hydrogens (tertiary/aromatic N) is 2. The van der Waals surface area contributed by atoms with E-state index in [0.717, 1.165) is 48.9 Å². The van der Waals surface area contributed by atoms with Crippen LogP contribution in [0.2, 0.25) is 0 Å². The number of aryl methyl sites for hydroxylation is 2. The smallest absolute Gasteiger partial charge is 0.133 e. The van der Waals surface area contributed by atoms with Crippen molar-refractivity contribution in [2.75, 3.05) is 6.61 Å². The lowest BCUT2D eigenvalue weighted by Crippen LogP contribution is -2.12. The molecule has 0 radical (unpaired) electrons. The molecule has 1 fully saturated rings. The van der Waals surface area contributed by atoms with Crippen LogP contribution in [0.1, 0.15) is 48.3 Å². The highest BCUT2D eigenvalue weighted by molar-refractivity contribution is 5.76. The standard InChI is InChI=1S/C20H25N3O2/c1-14-22-17-11-15(6-8-18(17)23(14)2)12-21-13-16-7-9-20(25-16)19-5-3-4-10-24-19/h6-9,11,19,21H,3-5,10,12-13H2,1-2H3. The number of ether oxygens (including phenoxy) is 1. The van der Waals surface area contributed by atoms with Crippen molar-refractivity contribution in [2.24, 2.45) is 7.05 Å². The summed E-state index contributed by atoms with van der Waals surface area (Å²) in [7, 11) is 2.05. The first-order valence-electron chi connectivity index (χ1n) is 9.03. The molecule has 5 nitrogen and oxygen atoms in total. The molecule has 1 atom stereocenters. The van der Waals surface area contributed by atoms with Gasteiger partial charge in [-0.3, -0.25) is 0 Å². The van der Waals surface area contributed by atoms with Crippen molar-refractivity contribution in [1.82, 2.24) is 14.9 Å². The van der Waals surface area contributed by atoms with Gasteiger partial charge in [0.15, 0.2) is 0 Å². The Morgan fingerprint density at radius 3 is 2.96 bits per heavy atom. The normalized spacial score (nSPS) is 18.1. The van der Waals surface area contributed by atoms with Gasteiger partial charge >= 0.3 is 0 Å². The third-order valence-electron chi connectivity index (χ3n) is 4.98. The highest BCUT2D eigenvalue weighted by atomic mass is 16.5. The third-order valence-corrected chi connectivity index (χ3v) is 4.98. The largest absolute Gasteiger partial charge is 0.462 e. The molecule has 1 saturated heterocycles. The first-order chi connectivity index (χ1) is 12.2. The summed E-state index contributed by atoms with van der Waals surface area (Å²) < 4.78 is 13.8. The summed E-state index contributed by atoms with van der Waals surface area (Å²) in [6.07, 6.45) is 3.57. The molecule has 1 aromatic carbocycles. The Labute approximate surface area is 148 Å². The first-order valence-corrected chi connectivity index (χ1v) is 9.03. The second-order valence-corrected chi connectivity index (χ2v) is 6.80. The second kappa shape index (κ2) is 7.02. The van der Waals surface area contributed by atoms with E-state index in [-0.39, 0.29) is 6.10 Å². The number of hydrogen-bond donors (Lipinski definition) is 1. The van der Waals surface area contributed by atoms with Gasteiger partial charge in [-0.2, -0.15) is 0 Å². The van der Waals surface area contributed by atoms with Gasteiger partial charge in [0.05, 0.1) is 17.6 Å². The third kappa shape index (κ3) is 3.48. The van der Waals surface area contributed by atoms with E-state index in [0.29, 0.717) is 6.54 Å². The van der Waals surface area contributed by atoms with Crippen LogP contribution in [0.15, 0.2) is 34.7 Å². The van der Waals surface area contributed by atoms with Crippen LogP contribution in [0, 0.1) is 6.92 Å². The van der Waals surface area contributed by atoms with Gasteiger partial charge in [-0.25, -0.2) is 4.98 Å². The minimum absolute atomic E-state index is 0.136. The van der Waals surface area contributed by atoms with E-state index in [4.69, 9.17) is 9.15 Å². The summed E-state index contributed by atoms with van der Waals surface area (Å²) in [5.74, 6) is 2.95. The monoisotopic (exact) mass is 339 g/mol. The lowest BCUT2D eigenvalue weighted by Gasteiger charge is -2.20. The Bertz CT molecular complexity index is 859. The van der Waals surface area contributed by atoms with Crippen molar-refractivity contribution in [1.29, 1.82) is 0 Å². The van der Waals surface area contributed by atoms with Crippen LogP contribution < -0.4 is 5.32 Å². The number of fused-ring (bicyclic) bond motifs is 1. The van der Waals surface area contributed by atoms with Crippen LogP contribution in [0.3, 0.4) is 0 Å². The lowest BCUT2D eigenvalue weighted by molar-refractivity contribution is 0.00122. The van der Waals surface area contributed by atoms with Gasteiger partial charge in [0.2, 0.25) is 0 Å². The van der Waals surface area contributed by atoms with Crippen molar-refractivity contribution < 1.29 is 9.15 Å². The predicted molar refractivity (Wildman–Crippen MR) is 97.2 cm³/mol. The molecule has 0 amide bonds. The summed E-state index contributed by atoms with van der Waals surface area (Å²) in [5.41, 5.74) is 3.45. The molecule has 132 valence electrons. The maximum absolute atomic E-state index is 5.95. The molecule has 1 aliphatic heterocycles. The Morgan fingerprint density at radius 2 is 2.12 bits per heavy atom. The molecule has 5 heteroatoms. The molecule has 4 rings (SSSR count). The van der Waals surface area contributed by atoms with Gasteiger partial charge in [-0.1, -0.05) is 6.07 Å². The van der Waals surface area contributed by atoms with E-state index >= 15 is 0 Å². The van der Waals surface area contributed by atoms with E-state index < -0.39 is 0 Å². The van der Waals surface area contributed by atoms with E-state index in [2.05, 4.69) is 39.1 Å². The molecular formula is C20H25N3O2. The first kappa shape index (κ1) is 16.4. The fourth-order valence-corrected chi connectivity index (χ4v) is 3.43. The van der Waals surface area contributed by atoms with E-state index in [1.807, 2.05) is 20.0 Å². The molecule has 1 N–H and O–H groups in total. The van der Waals surface area contributed by atoms with Crippen LogP contribution in [0.5, 0.6) is 0 Å². The summed E-state index contributed by atoms with van der Waals surface area (Å²) in [4.78, 5) is 4.60. The van der Waals surface area contributed by atoms with Crippen molar-refractivity contribution in [3.8, 4) is 0 Å². The Kier molecular flexibility index (Phi) is 4.59. The zero-order valence-electron chi connectivity index (χ0n) is 14.9. The molecule has 3 aromatic rings. The van der Waals surface area contributed by atoms with Gasteiger partial charge in [-0.15, -0.1) is 0 Å². The van der Waals surface area contributed by atoms with Gasteiger partial charge in [0, 0.05) is 20.2 Å². The van der Waals surface area contributed by atoms with Gasteiger partial charge in [0.25, 0.3) is 0 Å². The van der Waals surface area contributed by atoms with Crippen LogP contribution in [-0.2, 0) is 24.9 Å². The molecule has 3 heterocycles. The molecule has 2 aromatic heterocycles. The van der Waals surface area contributed by atoms with Crippen LogP contribution >= 0.6 is 0 Å². The maximum atomic E-state index is 5.95. The second-order valence-electron chi connectivity index (χ2n) is 6.80. The SMILES string of the molecule is Cc1nc2cc(CNCc3ccc(C4CCCCO4)o3)ccc2n1C. The number of aromatic nitrogens is 2. The van der Waals surface area contributed by atoms with Crippen molar-refractivity contribution in [3.63, 3.8) is 0 Å². The number of benzene rings is 1. The Hall–Kier alpha value is -2.11. The maximum Gasteiger partial charge on any atom is 0.133 e. The molecule has 0 bridgehead atoms. The van der Waals surface area contributed by atoms with E-state index in [1.54, 1.807) is 0 Å². The van der Waals surface area contributed by atoms with Crippen LogP contribution in [0.25, 0.3) is 11.0 Å². The minimum atomic E-state index is 0.136. The molecule has 0 saturated carbocycles. The average molecular weight is 339 g/mol. The number of hydrogen-bond acceptors (Lipinski definition) is 4. The number of nitrogens with one attached hydrogen (secondary N) is 1. The zero-order valence-corrected chi connectivity index (χ0v) is 14.9. The van der Waals surface area contributed by atoms with E-state index in [9.17, 15) is 0 Å². The predicted octanol–water partition coefficient (Wildman–Crippen LogP) is 4.01. The molecular weight excluding hydrogens is 314 g/mol. The van der Waals surface area contributed by atoms with Crippen LogP contribution in [0.4, 0.5) is 0 Å². The molecule has 0 spiro atoms. The van der Waals surface area contributed by atoms with Crippen molar-refractivity contribution in [2.45, 2.75) is 45.4 Å². The highest BCUT2D eigenvalue weighted by Gasteiger charge is 2.19. The number of furan rings is 1. The summed E-state index contributed by atoms with van der Waals surface area (Å²) in [5, 5.41) is 3.45. The Morgan fingerprint density at radius 1 is 1.20 bits per heavy atom. The van der Waals surface area contributed by atoms with Gasteiger partial charge in [-0.05, 0) is 56.0 Å². The van der Waals surface area contributed by atoms with Crippen molar-refractivity contribution in [3.05, 3.63) is 53.2 Å². The summed E-state index contributed by atoms with van der Waals surface area (Å²) in [6.45, 7) is 4.38. The minimum Gasteiger partial charge on any atom is -0.462 e. The van der Waals surface area contributed by atoms with Gasteiger partial charge in [0.1, 0.15) is 23.4 Å². The van der Waals surface area contributed by atoms with Crippen molar-refractivity contribution >= 4 is 11.0 Å². The van der Waals surface area contributed by atoms with E-state index in [1.165, 1.54) is 17.5 Å². The van der Waals surface area contributed by atoms with Gasteiger partial charge < -0.3 is 19.0 Å². The summed E-state index contributed by atoms with van der Waals surface area (Å²) >= 11 is 0. The highest BCUT2D eigenvalue weighted by Crippen LogP contribution is 2.29. The fraction of sp³-hybridized carbons (Fsp3) is 0.450. The molecule has 25 heavy (non-hydrogen) atoms. The average Bonchev–Trinajstić information content (AvgIpc) is 3.21. The molecule has 1 unspecified atom stereocenters. The quantitative estimate of drug-likeness (QED) is 0.763. The Balaban J connectivity index is 1.35. The fourth-order valence-electron chi connectivity index (χ4n) is 3.43. The summed E-state index contributed by atoms with van der Waals surface area (Å²) in [6, 6.07) is 10.5. The topological polar surface area (TPSA) is 52.2 Å². The molecule has 0 aliphatic carbocycles. The number of rotatable bonds is 5. The lowest BCUT2D eigenvalue weighted by atomic mass is 10.1. The van der Waals surface area contributed by atoms with Crippen LogP contribution in [-0.4, -0.2) is 16.2 Å². The number of imidazole rings is 1.